The standard InChI is InChI=1S/C11H13N3O/c1-7-3-4-10-9(5-7)11(14-13-10)6-12-8(2)15/h3-5H,6H2,1-2H3,(H,12,15)(H,13,14). The number of hydrogen-bond donors (Lipinski definition) is 2. The van der Waals surface area contributed by atoms with E-state index in [1.807, 2.05) is 19.1 Å². The summed E-state index contributed by atoms with van der Waals surface area (Å²) in [5.74, 6) is -0.0367. The number of hydrogen-bond acceptors (Lipinski definition) is 2. The van der Waals surface area contributed by atoms with Crippen LogP contribution in [0.4, 0.5) is 0 Å². The minimum absolute atomic E-state index is 0.0367. The summed E-state index contributed by atoms with van der Waals surface area (Å²) >= 11 is 0. The van der Waals surface area contributed by atoms with Gasteiger partial charge in [-0.1, -0.05) is 11.6 Å². The zero-order valence-corrected chi connectivity index (χ0v) is 8.79. The number of H-pyrrole nitrogens is 1. The van der Waals surface area contributed by atoms with E-state index in [2.05, 4.69) is 21.6 Å². The number of aromatic nitrogens is 2. The van der Waals surface area contributed by atoms with Gasteiger partial charge in [0.25, 0.3) is 0 Å². The molecule has 0 radical (unpaired) electrons. The van der Waals surface area contributed by atoms with Crippen molar-refractivity contribution in [1.29, 1.82) is 0 Å². The monoisotopic (exact) mass is 203 g/mol. The molecule has 0 atom stereocenters. The SMILES string of the molecule is CC(=O)NCc1[nH]nc2ccc(C)cc12. The number of fused-ring (bicyclic) bond motifs is 1. The molecular weight excluding hydrogens is 190 g/mol. The average molecular weight is 203 g/mol. The summed E-state index contributed by atoms with van der Waals surface area (Å²) in [6.07, 6.45) is 0. The Morgan fingerprint density at radius 2 is 2.33 bits per heavy atom. The number of aromatic amines is 1. The van der Waals surface area contributed by atoms with E-state index in [4.69, 9.17) is 0 Å². The lowest BCUT2D eigenvalue weighted by molar-refractivity contribution is -0.119. The summed E-state index contributed by atoms with van der Waals surface area (Å²) in [6.45, 7) is 4.04. The molecule has 2 rings (SSSR count). The number of amides is 1. The predicted octanol–water partition coefficient (Wildman–Crippen LogP) is 1.51. The van der Waals surface area contributed by atoms with Crippen LogP contribution in [0.3, 0.4) is 0 Å². The zero-order chi connectivity index (χ0) is 10.8. The third-order valence-electron chi connectivity index (χ3n) is 2.30. The number of benzene rings is 1. The van der Waals surface area contributed by atoms with Gasteiger partial charge in [-0.3, -0.25) is 9.89 Å². The van der Waals surface area contributed by atoms with Crippen LogP contribution in [0.15, 0.2) is 18.2 Å². The van der Waals surface area contributed by atoms with Crippen molar-refractivity contribution in [1.82, 2.24) is 15.5 Å². The second-order valence-electron chi connectivity index (χ2n) is 3.63. The van der Waals surface area contributed by atoms with Gasteiger partial charge in [-0.2, -0.15) is 5.10 Å². The van der Waals surface area contributed by atoms with Gasteiger partial charge in [-0.25, -0.2) is 0 Å². The fourth-order valence-electron chi connectivity index (χ4n) is 1.52. The summed E-state index contributed by atoms with van der Waals surface area (Å²) in [5.41, 5.74) is 3.07. The fraction of sp³-hybridized carbons (Fsp3) is 0.273. The van der Waals surface area contributed by atoms with Crippen LogP contribution in [0, 0.1) is 6.92 Å². The fourth-order valence-corrected chi connectivity index (χ4v) is 1.52. The molecular formula is C11H13N3O. The van der Waals surface area contributed by atoms with Crippen LogP contribution in [-0.2, 0) is 11.3 Å². The predicted molar refractivity (Wildman–Crippen MR) is 58.4 cm³/mol. The average Bonchev–Trinajstić information content (AvgIpc) is 2.57. The lowest BCUT2D eigenvalue weighted by Gasteiger charge is -1.99. The molecule has 0 bridgehead atoms. The van der Waals surface area contributed by atoms with Gasteiger partial charge in [0.2, 0.25) is 5.91 Å². The number of nitrogens with zero attached hydrogens (tertiary/aromatic N) is 1. The molecule has 1 aromatic heterocycles. The molecule has 0 aliphatic rings. The molecule has 4 heteroatoms. The van der Waals surface area contributed by atoms with Crippen LogP contribution in [-0.4, -0.2) is 16.1 Å². The Labute approximate surface area is 87.7 Å². The molecule has 0 unspecified atom stereocenters. The summed E-state index contributed by atoms with van der Waals surface area (Å²) in [5, 5.41) is 10.9. The number of rotatable bonds is 2. The van der Waals surface area contributed by atoms with Gasteiger partial charge in [0.15, 0.2) is 0 Å². The van der Waals surface area contributed by atoms with E-state index in [-0.39, 0.29) is 5.91 Å². The summed E-state index contributed by atoms with van der Waals surface area (Å²) in [7, 11) is 0. The molecule has 15 heavy (non-hydrogen) atoms. The first kappa shape index (κ1) is 9.71. The number of nitrogens with one attached hydrogen (secondary N) is 2. The lowest BCUT2D eigenvalue weighted by Crippen LogP contribution is -2.19. The Kier molecular flexibility index (Phi) is 2.41. The van der Waals surface area contributed by atoms with Gasteiger partial charge in [-0.15, -0.1) is 0 Å². The molecule has 1 aromatic carbocycles. The van der Waals surface area contributed by atoms with E-state index < -0.39 is 0 Å². The highest BCUT2D eigenvalue weighted by molar-refractivity contribution is 5.82. The van der Waals surface area contributed by atoms with Gasteiger partial charge < -0.3 is 5.32 Å². The summed E-state index contributed by atoms with van der Waals surface area (Å²) < 4.78 is 0. The van der Waals surface area contributed by atoms with Crippen molar-refractivity contribution in [2.45, 2.75) is 20.4 Å². The first-order valence-electron chi connectivity index (χ1n) is 4.85. The zero-order valence-electron chi connectivity index (χ0n) is 8.79. The van der Waals surface area contributed by atoms with E-state index >= 15 is 0 Å². The smallest absolute Gasteiger partial charge is 0.217 e. The molecule has 78 valence electrons. The largest absolute Gasteiger partial charge is 0.351 e. The Balaban J connectivity index is 2.35. The third-order valence-corrected chi connectivity index (χ3v) is 2.30. The second-order valence-corrected chi connectivity index (χ2v) is 3.63. The topological polar surface area (TPSA) is 57.8 Å². The highest BCUT2D eigenvalue weighted by Gasteiger charge is 2.05. The number of carbonyl (C=O) groups excluding carboxylic acids is 1. The van der Waals surface area contributed by atoms with Crippen LogP contribution in [0.25, 0.3) is 10.9 Å². The van der Waals surface area contributed by atoms with Gasteiger partial charge in [0.1, 0.15) is 0 Å². The first-order chi connectivity index (χ1) is 7.16. The van der Waals surface area contributed by atoms with E-state index in [1.54, 1.807) is 0 Å². The summed E-state index contributed by atoms with van der Waals surface area (Å²) in [6, 6.07) is 6.06. The highest BCUT2D eigenvalue weighted by Crippen LogP contribution is 2.16. The van der Waals surface area contributed by atoms with Crippen molar-refractivity contribution in [2.24, 2.45) is 0 Å². The van der Waals surface area contributed by atoms with Gasteiger partial charge >= 0.3 is 0 Å². The van der Waals surface area contributed by atoms with Crippen LogP contribution in [0.2, 0.25) is 0 Å². The Morgan fingerprint density at radius 3 is 3.07 bits per heavy atom. The molecule has 0 fully saturated rings. The Hall–Kier alpha value is -1.84. The normalized spacial score (nSPS) is 10.5. The van der Waals surface area contributed by atoms with Crippen LogP contribution in [0.5, 0.6) is 0 Å². The molecule has 4 nitrogen and oxygen atoms in total. The molecule has 1 amide bonds. The van der Waals surface area contributed by atoms with Crippen LogP contribution >= 0.6 is 0 Å². The minimum atomic E-state index is -0.0367. The van der Waals surface area contributed by atoms with Gasteiger partial charge in [0.05, 0.1) is 17.8 Å². The molecule has 0 saturated heterocycles. The molecule has 2 aromatic rings. The molecule has 2 N–H and O–H groups in total. The van der Waals surface area contributed by atoms with Crippen molar-refractivity contribution in [3.05, 3.63) is 29.5 Å². The molecule has 0 aliphatic carbocycles. The Bertz CT molecular complexity index is 502. The molecule has 0 saturated carbocycles. The molecule has 0 aliphatic heterocycles. The molecule has 0 spiro atoms. The minimum Gasteiger partial charge on any atom is -0.351 e. The Morgan fingerprint density at radius 1 is 1.53 bits per heavy atom. The quantitative estimate of drug-likeness (QED) is 0.777. The number of aryl methyl sites for hydroxylation is 1. The maximum absolute atomic E-state index is 10.8. The van der Waals surface area contributed by atoms with Crippen molar-refractivity contribution in [3.8, 4) is 0 Å². The van der Waals surface area contributed by atoms with Crippen LogP contribution in [0.1, 0.15) is 18.2 Å². The van der Waals surface area contributed by atoms with E-state index in [9.17, 15) is 4.79 Å². The third kappa shape index (κ3) is 1.98. The first-order valence-corrected chi connectivity index (χ1v) is 4.85. The van der Waals surface area contributed by atoms with Crippen molar-refractivity contribution in [3.63, 3.8) is 0 Å². The van der Waals surface area contributed by atoms with Crippen LogP contribution < -0.4 is 5.32 Å². The van der Waals surface area contributed by atoms with Crippen molar-refractivity contribution in [2.75, 3.05) is 0 Å². The van der Waals surface area contributed by atoms with Gasteiger partial charge in [0, 0.05) is 12.3 Å². The molecule has 1 heterocycles. The van der Waals surface area contributed by atoms with E-state index in [0.717, 1.165) is 16.6 Å². The maximum Gasteiger partial charge on any atom is 0.217 e. The summed E-state index contributed by atoms with van der Waals surface area (Å²) in [4.78, 5) is 10.8. The number of carbonyl (C=O) groups is 1. The maximum atomic E-state index is 10.8. The lowest BCUT2D eigenvalue weighted by atomic mass is 10.1. The highest BCUT2D eigenvalue weighted by atomic mass is 16.1. The van der Waals surface area contributed by atoms with E-state index in [1.165, 1.54) is 12.5 Å². The second kappa shape index (κ2) is 3.73. The van der Waals surface area contributed by atoms with Gasteiger partial charge in [-0.05, 0) is 19.1 Å². The van der Waals surface area contributed by atoms with Crippen molar-refractivity contribution < 1.29 is 4.79 Å². The van der Waals surface area contributed by atoms with Crippen molar-refractivity contribution >= 4 is 16.8 Å². The van der Waals surface area contributed by atoms with E-state index in [0.29, 0.717) is 6.54 Å².